The van der Waals surface area contributed by atoms with Crippen LogP contribution in [-0.4, -0.2) is 18.1 Å². The number of nitrogens with zero attached hydrogens (tertiary/aromatic N) is 1. The minimum Gasteiger partial charge on any atom is -0.389 e. The van der Waals surface area contributed by atoms with Crippen molar-refractivity contribution in [1.29, 1.82) is 0 Å². The van der Waals surface area contributed by atoms with E-state index in [4.69, 9.17) is 18.0 Å². The second-order valence-electron chi connectivity index (χ2n) is 4.72. The largest absolute Gasteiger partial charge is 0.389 e. The average Bonchev–Trinajstić information content (AvgIpc) is 2.39. The number of benzene rings is 1. The third-order valence-electron chi connectivity index (χ3n) is 3.13. The maximum atomic E-state index is 13.3. The highest BCUT2D eigenvalue weighted by molar-refractivity contribution is 7.80. The monoisotopic (exact) mass is 282 g/mol. The van der Waals surface area contributed by atoms with Gasteiger partial charge in [0.1, 0.15) is 10.8 Å². The lowest BCUT2D eigenvalue weighted by Crippen LogP contribution is -2.28. The Morgan fingerprint density at radius 1 is 1.21 bits per heavy atom. The molecule has 0 atom stereocenters. The molecule has 1 aromatic carbocycles. The van der Waals surface area contributed by atoms with E-state index < -0.39 is 0 Å². The molecule has 106 valence electrons. The molecule has 0 amide bonds. The van der Waals surface area contributed by atoms with E-state index in [-0.39, 0.29) is 10.8 Å². The Bertz CT molecular complexity index is 413. The molecule has 4 heteroatoms. The van der Waals surface area contributed by atoms with Gasteiger partial charge in [0.2, 0.25) is 0 Å². The van der Waals surface area contributed by atoms with Gasteiger partial charge in [-0.25, -0.2) is 4.39 Å². The minimum absolute atomic E-state index is 0.257. The van der Waals surface area contributed by atoms with Gasteiger partial charge in [-0.3, -0.25) is 0 Å². The summed E-state index contributed by atoms with van der Waals surface area (Å²) in [6, 6.07) is 4.69. The maximum absolute atomic E-state index is 13.3. The molecule has 0 aliphatic carbocycles. The van der Waals surface area contributed by atoms with Crippen LogP contribution in [-0.2, 0) is 0 Å². The van der Waals surface area contributed by atoms with Crippen LogP contribution in [0.4, 0.5) is 10.1 Å². The van der Waals surface area contributed by atoms with Crippen molar-refractivity contribution in [3.63, 3.8) is 0 Å². The summed E-state index contributed by atoms with van der Waals surface area (Å²) in [5.74, 6) is -0.294. The minimum atomic E-state index is -0.294. The van der Waals surface area contributed by atoms with Gasteiger partial charge in [0.05, 0.1) is 0 Å². The van der Waals surface area contributed by atoms with Gasteiger partial charge < -0.3 is 10.6 Å². The fourth-order valence-electron chi connectivity index (χ4n) is 2.03. The van der Waals surface area contributed by atoms with Crippen molar-refractivity contribution in [2.75, 3.05) is 18.0 Å². The van der Waals surface area contributed by atoms with Gasteiger partial charge in [0.25, 0.3) is 0 Å². The van der Waals surface area contributed by atoms with E-state index in [9.17, 15) is 4.39 Å². The van der Waals surface area contributed by atoms with Gasteiger partial charge in [-0.2, -0.15) is 0 Å². The average molecular weight is 282 g/mol. The van der Waals surface area contributed by atoms with Crippen molar-refractivity contribution in [3.05, 3.63) is 29.6 Å². The Balaban J connectivity index is 3.02. The zero-order chi connectivity index (χ0) is 14.3. The van der Waals surface area contributed by atoms with E-state index in [0.717, 1.165) is 44.5 Å². The van der Waals surface area contributed by atoms with Gasteiger partial charge in [-0.15, -0.1) is 0 Å². The zero-order valence-corrected chi connectivity index (χ0v) is 12.6. The first-order chi connectivity index (χ1) is 9.10. The SMILES string of the molecule is CCCCN(CCCC)c1ccc(F)cc1C(N)=S. The summed E-state index contributed by atoms with van der Waals surface area (Å²) < 4.78 is 13.3. The fourth-order valence-corrected chi connectivity index (χ4v) is 2.20. The van der Waals surface area contributed by atoms with E-state index in [0.29, 0.717) is 5.56 Å². The lowest BCUT2D eigenvalue weighted by Gasteiger charge is -2.27. The Morgan fingerprint density at radius 2 is 1.79 bits per heavy atom. The molecule has 2 nitrogen and oxygen atoms in total. The lowest BCUT2D eigenvalue weighted by molar-refractivity contribution is 0.626. The summed E-state index contributed by atoms with van der Waals surface area (Å²) >= 11 is 5.04. The second kappa shape index (κ2) is 8.10. The summed E-state index contributed by atoms with van der Waals surface area (Å²) in [6.07, 6.45) is 4.48. The standard InChI is InChI=1S/C15H23FN2S/c1-3-5-9-18(10-6-4-2)14-8-7-12(16)11-13(14)15(17)19/h7-8,11H,3-6,9-10H2,1-2H3,(H2,17,19). The number of hydrogen-bond acceptors (Lipinski definition) is 2. The number of thiocarbonyl (C=S) groups is 1. The second-order valence-corrected chi connectivity index (χ2v) is 5.16. The highest BCUT2D eigenvalue weighted by Crippen LogP contribution is 2.23. The number of halogens is 1. The van der Waals surface area contributed by atoms with Crippen LogP contribution in [0.1, 0.15) is 45.1 Å². The van der Waals surface area contributed by atoms with Crippen molar-refractivity contribution in [2.24, 2.45) is 5.73 Å². The summed E-state index contributed by atoms with van der Waals surface area (Å²) in [5.41, 5.74) is 7.31. The van der Waals surface area contributed by atoms with Crippen LogP contribution >= 0.6 is 12.2 Å². The lowest BCUT2D eigenvalue weighted by atomic mass is 10.1. The summed E-state index contributed by atoms with van der Waals surface area (Å²) in [7, 11) is 0. The van der Waals surface area contributed by atoms with Crippen molar-refractivity contribution in [2.45, 2.75) is 39.5 Å². The van der Waals surface area contributed by atoms with Crippen LogP contribution in [0, 0.1) is 5.82 Å². The van der Waals surface area contributed by atoms with Crippen LogP contribution in [0.3, 0.4) is 0 Å². The Hall–Kier alpha value is -1.16. The third kappa shape index (κ3) is 4.78. The molecule has 0 saturated heterocycles. The summed E-state index contributed by atoms with van der Waals surface area (Å²) in [5, 5.41) is 0. The molecular weight excluding hydrogens is 259 g/mol. The predicted octanol–water partition coefficient (Wildman–Crippen LogP) is 3.87. The molecule has 0 radical (unpaired) electrons. The van der Waals surface area contributed by atoms with Crippen molar-refractivity contribution >= 4 is 22.9 Å². The van der Waals surface area contributed by atoms with Gasteiger partial charge in [0.15, 0.2) is 0 Å². The van der Waals surface area contributed by atoms with Crippen molar-refractivity contribution < 1.29 is 4.39 Å². The van der Waals surface area contributed by atoms with Crippen molar-refractivity contribution in [1.82, 2.24) is 0 Å². The van der Waals surface area contributed by atoms with Crippen LogP contribution in [0.2, 0.25) is 0 Å². The third-order valence-corrected chi connectivity index (χ3v) is 3.35. The summed E-state index contributed by atoms with van der Waals surface area (Å²) in [4.78, 5) is 2.52. The molecule has 0 bridgehead atoms. The molecule has 0 aliphatic rings. The van der Waals surface area contributed by atoms with Crippen LogP contribution in [0.25, 0.3) is 0 Å². The molecule has 0 aliphatic heterocycles. The highest BCUT2D eigenvalue weighted by atomic mass is 32.1. The molecule has 1 rings (SSSR count). The van der Waals surface area contributed by atoms with Gasteiger partial charge in [0, 0.05) is 24.3 Å². The van der Waals surface area contributed by atoms with E-state index in [1.807, 2.05) is 0 Å². The quantitative estimate of drug-likeness (QED) is 0.734. The molecular formula is C15H23FN2S. The Labute approximate surface area is 120 Å². The Morgan fingerprint density at radius 3 is 2.26 bits per heavy atom. The molecule has 0 saturated carbocycles. The number of anilines is 1. The maximum Gasteiger partial charge on any atom is 0.124 e. The summed E-state index contributed by atoms with van der Waals surface area (Å²) in [6.45, 7) is 6.24. The first-order valence-electron chi connectivity index (χ1n) is 6.94. The zero-order valence-electron chi connectivity index (χ0n) is 11.8. The number of rotatable bonds is 8. The predicted molar refractivity (Wildman–Crippen MR) is 84.3 cm³/mol. The number of hydrogen-bond donors (Lipinski definition) is 1. The van der Waals surface area contributed by atoms with Crippen LogP contribution < -0.4 is 10.6 Å². The molecule has 1 aromatic rings. The van der Waals surface area contributed by atoms with E-state index in [1.54, 1.807) is 6.07 Å². The van der Waals surface area contributed by atoms with Gasteiger partial charge >= 0.3 is 0 Å². The number of nitrogens with two attached hydrogens (primary N) is 1. The van der Waals surface area contributed by atoms with Crippen LogP contribution in [0.15, 0.2) is 18.2 Å². The molecule has 0 unspecified atom stereocenters. The highest BCUT2D eigenvalue weighted by Gasteiger charge is 2.13. The molecule has 0 fully saturated rings. The first kappa shape index (κ1) is 15.9. The van der Waals surface area contributed by atoms with Crippen LogP contribution in [0.5, 0.6) is 0 Å². The van der Waals surface area contributed by atoms with Gasteiger partial charge in [-0.05, 0) is 31.0 Å². The van der Waals surface area contributed by atoms with E-state index in [2.05, 4.69) is 18.7 Å². The smallest absolute Gasteiger partial charge is 0.124 e. The molecule has 0 spiro atoms. The fraction of sp³-hybridized carbons (Fsp3) is 0.533. The number of unbranched alkanes of at least 4 members (excludes halogenated alkanes) is 2. The Kier molecular flexibility index (Phi) is 6.78. The molecule has 2 N–H and O–H groups in total. The van der Waals surface area contributed by atoms with E-state index >= 15 is 0 Å². The van der Waals surface area contributed by atoms with Crippen molar-refractivity contribution in [3.8, 4) is 0 Å². The normalized spacial score (nSPS) is 10.5. The molecule has 19 heavy (non-hydrogen) atoms. The molecule has 0 aromatic heterocycles. The first-order valence-corrected chi connectivity index (χ1v) is 7.35. The molecule has 0 heterocycles. The van der Waals surface area contributed by atoms with Gasteiger partial charge in [-0.1, -0.05) is 38.9 Å². The topological polar surface area (TPSA) is 29.3 Å². The van der Waals surface area contributed by atoms with E-state index in [1.165, 1.54) is 12.1 Å².